The molecule has 0 aromatic carbocycles. The van der Waals surface area contributed by atoms with Gasteiger partial charge in [-0.3, -0.25) is 4.68 Å². The summed E-state index contributed by atoms with van der Waals surface area (Å²) in [4.78, 5) is 0. The van der Waals surface area contributed by atoms with Crippen LogP contribution in [-0.2, 0) is 13.5 Å². The van der Waals surface area contributed by atoms with Gasteiger partial charge in [0.05, 0.1) is 5.69 Å². The molecular formula is C10H18N4. The molecular weight excluding hydrogens is 176 g/mol. The van der Waals surface area contributed by atoms with Crippen LogP contribution in [0.2, 0.25) is 0 Å². The fraction of sp³-hybridized carbons (Fsp3) is 0.800. The molecule has 1 saturated carbocycles. The average Bonchev–Trinajstić information content (AvgIpc) is 2.72. The Labute approximate surface area is 84.7 Å². The lowest BCUT2D eigenvalue weighted by atomic mass is 10.1. The number of nitrogens with zero attached hydrogens (tertiary/aromatic N) is 3. The quantitative estimate of drug-likeness (QED) is 0.763. The molecule has 14 heavy (non-hydrogen) atoms. The standard InChI is InChI=1S/C10H18N4/c1-7-4-9(7)10(11-2)5-8-6-14(3)13-12-8/h6-7,9-11H,4-5H2,1-3H3. The van der Waals surface area contributed by atoms with E-state index in [1.807, 2.05) is 20.3 Å². The summed E-state index contributed by atoms with van der Waals surface area (Å²) in [6.07, 6.45) is 4.35. The SMILES string of the molecule is CNC(Cc1cn(C)nn1)C1CC1C. The molecule has 1 fully saturated rings. The normalized spacial score (nSPS) is 27.6. The Balaban J connectivity index is 1.94. The molecule has 2 rings (SSSR count). The van der Waals surface area contributed by atoms with E-state index in [1.165, 1.54) is 6.42 Å². The van der Waals surface area contributed by atoms with E-state index in [4.69, 9.17) is 0 Å². The Hall–Kier alpha value is -0.900. The second kappa shape index (κ2) is 3.69. The van der Waals surface area contributed by atoms with Crippen LogP contribution in [0.4, 0.5) is 0 Å². The van der Waals surface area contributed by atoms with Gasteiger partial charge in [0, 0.05) is 25.7 Å². The summed E-state index contributed by atoms with van der Waals surface area (Å²) in [5.41, 5.74) is 1.09. The maximum absolute atomic E-state index is 4.11. The van der Waals surface area contributed by atoms with Crippen LogP contribution < -0.4 is 5.32 Å². The van der Waals surface area contributed by atoms with E-state index in [2.05, 4.69) is 22.6 Å². The van der Waals surface area contributed by atoms with Crippen LogP contribution in [0.5, 0.6) is 0 Å². The van der Waals surface area contributed by atoms with E-state index in [-0.39, 0.29) is 0 Å². The molecule has 3 atom stereocenters. The smallest absolute Gasteiger partial charge is 0.0842 e. The van der Waals surface area contributed by atoms with Crippen molar-refractivity contribution >= 4 is 0 Å². The summed E-state index contributed by atoms with van der Waals surface area (Å²) in [6, 6.07) is 0.571. The molecule has 4 nitrogen and oxygen atoms in total. The molecule has 0 aliphatic heterocycles. The molecule has 0 bridgehead atoms. The highest BCUT2D eigenvalue weighted by molar-refractivity contribution is 5.01. The summed E-state index contributed by atoms with van der Waals surface area (Å²) in [5, 5.41) is 11.4. The molecule has 78 valence electrons. The lowest BCUT2D eigenvalue weighted by molar-refractivity contribution is 0.475. The number of hydrogen-bond acceptors (Lipinski definition) is 3. The zero-order valence-electron chi connectivity index (χ0n) is 9.07. The Morgan fingerprint density at radius 1 is 1.71 bits per heavy atom. The first-order valence-electron chi connectivity index (χ1n) is 5.23. The summed E-state index contributed by atoms with van der Waals surface area (Å²) in [5.74, 6) is 1.71. The largest absolute Gasteiger partial charge is 0.316 e. The van der Waals surface area contributed by atoms with E-state index in [0.717, 1.165) is 24.0 Å². The lowest BCUT2D eigenvalue weighted by Crippen LogP contribution is -2.30. The van der Waals surface area contributed by atoms with Crippen LogP contribution in [0.15, 0.2) is 6.20 Å². The van der Waals surface area contributed by atoms with Crippen LogP contribution in [0.3, 0.4) is 0 Å². The fourth-order valence-electron chi connectivity index (χ4n) is 2.09. The van der Waals surface area contributed by atoms with Gasteiger partial charge in [-0.05, 0) is 25.3 Å². The molecule has 0 saturated heterocycles. The van der Waals surface area contributed by atoms with E-state index in [0.29, 0.717) is 6.04 Å². The third-order valence-electron chi connectivity index (χ3n) is 3.14. The van der Waals surface area contributed by atoms with Crippen molar-refractivity contribution in [3.8, 4) is 0 Å². The van der Waals surface area contributed by atoms with Gasteiger partial charge in [-0.2, -0.15) is 0 Å². The topological polar surface area (TPSA) is 42.7 Å². The molecule has 4 heteroatoms. The summed E-state index contributed by atoms with van der Waals surface area (Å²) in [6.45, 7) is 2.31. The Bertz CT molecular complexity index is 307. The average molecular weight is 194 g/mol. The Morgan fingerprint density at radius 2 is 2.43 bits per heavy atom. The third kappa shape index (κ3) is 1.95. The van der Waals surface area contributed by atoms with Crippen molar-refractivity contribution in [1.29, 1.82) is 0 Å². The molecule has 0 radical (unpaired) electrons. The summed E-state index contributed by atoms with van der Waals surface area (Å²) in [7, 11) is 3.94. The number of nitrogens with one attached hydrogen (secondary N) is 1. The Kier molecular flexibility index (Phi) is 2.54. The van der Waals surface area contributed by atoms with Crippen molar-refractivity contribution in [2.24, 2.45) is 18.9 Å². The third-order valence-corrected chi connectivity index (χ3v) is 3.14. The van der Waals surface area contributed by atoms with Gasteiger partial charge in [0.15, 0.2) is 0 Å². The monoisotopic (exact) mass is 194 g/mol. The van der Waals surface area contributed by atoms with Crippen LogP contribution in [0.1, 0.15) is 19.0 Å². The molecule has 1 aromatic heterocycles. The van der Waals surface area contributed by atoms with Crippen LogP contribution in [-0.4, -0.2) is 28.1 Å². The minimum Gasteiger partial charge on any atom is -0.316 e. The molecule has 1 heterocycles. The van der Waals surface area contributed by atoms with Crippen molar-refractivity contribution < 1.29 is 0 Å². The maximum Gasteiger partial charge on any atom is 0.0842 e. The zero-order valence-corrected chi connectivity index (χ0v) is 9.07. The van der Waals surface area contributed by atoms with E-state index >= 15 is 0 Å². The minimum absolute atomic E-state index is 0.571. The van der Waals surface area contributed by atoms with Crippen LogP contribution in [0.25, 0.3) is 0 Å². The second-order valence-electron chi connectivity index (χ2n) is 4.36. The predicted molar refractivity (Wildman–Crippen MR) is 54.8 cm³/mol. The van der Waals surface area contributed by atoms with Gasteiger partial charge in [-0.15, -0.1) is 5.10 Å². The van der Waals surface area contributed by atoms with Gasteiger partial charge < -0.3 is 5.32 Å². The van der Waals surface area contributed by atoms with Gasteiger partial charge in [0.2, 0.25) is 0 Å². The van der Waals surface area contributed by atoms with Gasteiger partial charge in [0.1, 0.15) is 0 Å². The van der Waals surface area contributed by atoms with Crippen molar-refractivity contribution in [1.82, 2.24) is 20.3 Å². The van der Waals surface area contributed by atoms with Crippen molar-refractivity contribution in [3.63, 3.8) is 0 Å². The Morgan fingerprint density at radius 3 is 2.86 bits per heavy atom. The van der Waals surface area contributed by atoms with Crippen molar-refractivity contribution in [2.75, 3.05) is 7.05 Å². The predicted octanol–water partition coefficient (Wildman–Crippen LogP) is 0.602. The summed E-state index contributed by atoms with van der Waals surface area (Å²) >= 11 is 0. The van der Waals surface area contributed by atoms with Crippen LogP contribution in [0, 0.1) is 11.8 Å². The second-order valence-corrected chi connectivity index (χ2v) is 4.36. The summed E-state index contributed by atoms with van der Waals surface area (Å²) < 4.78 is 1.76. The highest BCUT2D eigenvalue weighted by atomic mass is 15.4. The first-order valence-corrected chi connectivity index (χ1v) is 5.23. The fourth-order valence-corrected chi connectivity index (χ4v) is 2.09. The molecule has 1 aliphatic carbocycles. The zero-order chi connectivity index (χ0) is 10.1. The number of rotatable bonds is 4. The molecule has 1 N–H and O–H groups in total. The molecule has 0 spiro atoms. The maximum atomic E-state index is 4.11. The highest BCUT2D eigenvalue weighted by Gasteiger charge is 2.38. The van der Waals surface area contributed by atoms with E-state index < -0.39 is 0 Å². The van der Waals surface area contributed by atoms with Gasteiger partial charge in [-0.25, -0.2) is 0 Å². The molecule has 1 aliphatic rings. The molecule has 0 amide bonds. The number of aromatic nitrogens is 3. The highest BCUT2D eigenvalue weighted by Crippen LogP contribution is 2.41. The van der Waals surface area contributed by atoms with E-state index in [9.17, 15) is 0 Å². The first-order chi connectivity index (χ1) is 6.70. The number of hydrogen-bond donors (Lipinski definition) is 1. The number of likely N-dealkylation sites (N-methyl/N-ethyl adjacent to an activating group) is 1. The van der Waals surface area contributed by atoms with Gasteiger partial charge in [-0.1, -0.05) is 12.1 Å². The number of aryl methyl sites for hydroxylation is 1. The van der Waals surface area contributed by atoms with Crippen LogP contribution >= 0.6 is 0 Å². The van der Waals surface area contributed by atoms with Crippen molar-refractivity contribution in [3.05, 3.63) is 11.9 Å². The first kappa shape index (κ1) is 9.65. The molecule has 3 unspecified atom stereocenters. The van der Waals surface area contributed by atoms with Crippen molar-refractivity contribution in [2.45, 2.75) is 25.8 Å². The van der Waals surface area contributed by atoms with Gasteiger partial charge >= 0.3 is 0 Å². The van der Waals surface area contributed by atoms with Gasteiger partial charge in [0.25, 0.3) is 0 Å². The molecule has 1 aromatic rings. The minimum atomic E-state index is 0.571. The lowest BCUT2D eigenvalue weighted by Gasteiger charge is -2.13. The van der Waals surface area contributed by atoms with E-state index in [1.54, 1.807) is 4.68 Å².